The fraction of sp³-hybridized carbons (Fsp3) is 0.231. The van der Waals surface area contributed by atoms with Gasteiger partial charge in [0, 0.05) is 23.7 Å². The van der Waals surface area contributed by atoms with Crippen molar-refractivity contribution in [3.63, 3.8) is 0 Å². The van der Waals surface area contributed by atoms with Crippen LogP contribution in [-0.2, 0) is 0 Å². The topological polar surface area (TPSA) is 190 Å². The summed E-state index contributed by atoms with van der Waals surface area (Å²) in [6, 6.07) is 6.05. The van der Waals surface area contributed by atoms with Gasteiger partial charge in [0.2, 0.25) is 0 Å². The summed E-state index contributed by atoms with van der Waals surface area (Å²) in [5, 5.41) is 69.3. The molecular weight excluding hydrogens is 601 g/mol. The minimum atomic E-state index is -1.66. The fourth-order valence-corrected chi connectivity index (χ4v) is 9.01. The van der Waals surface area contributed by atoms with Crippen LogP contribution in [0.4, 0.5) is 0 Å². The molecule has 6 N–H and O–H groups in total. The number of carbonyl (C=O) groups is 4. The number of rotatable bonds is 8. The summed E-state index contributed by atoms with van der Waals surface area (Å²) in [5.41, 5.74) is 0.771. The summed E-state index contributed by atoms with van der Waals surface area (Å²) >= 11 is 3.64. The van der Waals surface area contributed by atoms with Crippen molar-refractivity contribution in [1.29, 1.82) is 0 Å². The second-order valence-corrected chi connectivity index (χ2v) is 12.8. The molecule has 14 heteroatoms. The normalized spacial score (nSPS) is 24.6. The minimum Gasteiger partial charge on any atom is -0.477 e. The van der Waals surface area contributed by atoms with Crippen LogP contribution >= 0.6 is 45.3 Å². The van der Waals surface area contributed by atoms with E-state index in [2.05, 4.69) is 0 Å². The van der Waals surface area contributed by atoms with Gasteiger partial charge in [-0.05, 0) is 68.0 Å². The number of hydrogen-bond acceptors (Lipinski definition) is 10. The van der Waals surface area contributed by atoms with Crippen LogP contribution in [0.25, 0.3) is 0 Å². The third kappa shape index (κ3) is 4.56. The van der Waals surface area contributed by atoms with Gasteiger partial charge >= 0.3 is 23.9 Å². The lowest BCUT2D eigenvalue weighted by Crippen LogP contribution is -2.49. The highest BCUT2D eigenvalue weighted by Crippen LogP contribution is 2.60. The van der Waals surface area contributed by atoms with Crippen LogP contribution in [0.3, 0.4) is 0 Å². The average molecular weight is 621 g/mol. The predicted molar refractivity (Wildman–Crippen MR) is 148 cm³/mol. The first-order chi connectivity index (χ1) is 19.0. The van der Waals surface area contributed by atoms with Gasteiger partial charge in [0.25, 0.3) is 0 Å². The molecular formula is C26H20O10S4. The molecule has 0 radical (unpaired) electrons. The maximum absolute atomic E-state index is 12.3. The molecule has 0 aliphatic heterocycles. The summed E-state index contributed by atoms with van der Waals surface area (Å²) in [6.07, 6.45) is -3.32. The fourth-order valence-electron chi connectivity index (χ4n) is 5.85. The molecule has 0 unspecified atom stereocenters. The van der Waals surface area contributed by atoms with Gasteiger partial charge in [-0.25, -0.2) is 19.2 Å². The Hall–Kier alpha value is -3.40. The van der Waals surface area contributed by atoms with Crippen molar-refractivity contribution < 1.29 is 49.8 Å². The van der Waals surface area contributed by atoms with E-state index in [0.29, 0.717) is 0 Å². The molecule has 10 nitrogen and oxygen atoms in total. The second-order valence-electron chi connectivity index (χ2n) is 9.13. The van der Waals surface area contributed by atoms with Crippen molar-refractivity contribution in [1.82, 2.24) is 0 Å². The highest BCUT2D eigenvalue weighted by molar-refractivity contribution is 7.13. The van der Waals surface area contributed by atoms with E-state index >= 15 is 0 Å². The molecule has 4 aromatic rings. The van der Waals surface area contributed by atoms with E-state index in [9.17, 15) is 49.8 Å². The van der Waals surface area contributed by atoms with Crippen LogP contribution in [0, 0.1) is 0 Å². The van der Waals surface area contributed by atoms with Crippen LogP contribution < -0.4 is 0 Å². The number of carboxylic acid groups (broad SMARTS) is 4. The molecule has 0 saturated heterocycles. The quantitative estimate of drug-likeness (QED) is 0.158. The van der Waals surface area contributed by atoms with Crippen molar-refractivity contribution in [2.75, 3.05) is 0 Å². The molecule has 1 aliphatic carbocycles. The number of aromatic carboxylic acids is 4. The van der Waals surface area contributed by atoms with Crippen molar-refractivity contribution in [2.45, 2.75) is 35.9 Å². The number of carboxylic acids is 4. The van der Waals surface area contributed by atoms with Gasteiger partial charge in [0.1, 0.15) is 19.5 Å². The van der Waals surface area contributed by atoms with Crippen LogP contribution in [0.5, 0.6) is 0 Å². The van der Waals surface area contributed by atoms with Gasteiger partial charge in [0.15, 0.2) is 0 Å². The van der Waals surface area contributed by atoms with Crippen LogP contribution in [0.15, 0.2) is 45.8 Å². The molecule has 40 heavy (non-hydrogen) atoms. The number of thiophene rings is 4. The highest BCUT2D eigenvalue weighted by atomic mass is 32.1. The van der Waals surface area contributed by atoms with Gasteiger partial charge in [-0.1, -0.05) is 0 Å². The Morgan fingerprint density at radius 2 is 0.675 bits per heavy atom. The Labute approximate surface area is 241 Å². The second kappa shape index (κ2) is 10.9. The number of aliphatic hydroxyl groups is 2. The van der Waals surface area contributed by atoms with Crippen LogP contribution in [-0.4, -0.2) is 66.7 Å². The van der Waals surface area contributed by atoms with Crippen molar-refractivity contribution in [2.24, 2.45) is 0 Å². The molecule has 0 aromatic carbocycles. The van der Waals surface area contributed by atoms with E-state index in [-0.39, 0.29) is 41.8 Å². The zero-order valence-corrected chi connectivity index (χ0v) is 23.3. The Morgan fingerprint density at radius 1 is 0.450 bits per heavy atom. The SMILES string of the molecule is O=C(O)c1sccc1[C@@H]1[C@H](c2ccsc2C(=O)O)[C@H](c2ccsc2C(=O)O)[C@H](O)[C@H](O)[C@@H]1c1ccsc1C(=O)O. The molecule has 4 heterocycles. The summed E-state index contributed by atoms with van der Waals surface area (Å²) in [6.45, 7) is 0. The molecule has 1 saturated carbocycles. The van der Waals surface area contributed by atoms with Crippen LogP contribution in [0.2, 0.25) is 0 Å². The van der Waals surface area contributed by atoms with Gasteiger partial charge < -0.3 is 30.6 Å². The van der Waals surface area contributed by atoms with Crippen molar-refractivity contribution in [3.05, 3.63) is 87.5 Å². The molecule has 0 amide bonds. The third-order valence-electron chi connectivity index (χ3n) is 7.24. The maximum atomic E-state index is 12.3. The lowest BCUT2D eigenvalue weighted by atomic mass is 9.57. The first-order valence-corrected chi connectivity index (χ1v) is 15.1. The van der Waals surface area contributed by atoms with E-state index in [1.54, 1.807) is 0 Å². The summed E-state index contributed by atoms with van der Waals surface area (Å²) < 4.78 is 0. The lowest BCUT2D eigenvalue weighted by molar-refractivity contribution is -0.0518. The average Bonchev–Trinajstić information content (AvgIpc) is 3.70. The predicted octanol–water partition coefficient (Wildman–Crippen LogP) is 4.90. The van der Waals surface area contributed by atoms with E-state index in [1.165, 1.54) is 45.8 Å². The largest absolute Gasteiger partial charge is 0.477 e. The summed E-state index contributed by atoms with van der Waals surface area (Å²) in [4.78, 5) is 48.5. The Kier molecular flexibility index (Phi) is 7.65. The first-order valence-electron chi connectivity index (χ1n) is 11.6. The molecule has 208 valence electrons. The van der Waals surface area contributed by atoms with Crippen molar-refractivity contribution >= 4 is 69.2 Å². The standard InChI is InChI=1S/C26H20O10S4/c27-17-15(11-3-7-39-21(11)25(33)34)13(9-1-5-37-19(9)23(29)30)14(10-2-6-38-20(10)24(31)32)16(18(17)28)12-4-8-40-22(12)26(35)36/h1-8,13-18,27-28H,(H,29,30)(H,31,32)(H,33,34)(H,35,36)/t13-,14+,15-,16+,17-,18+. The van der Waals surface area contributed by atoms with E-state index in [1.807, 2.05) is 0 Å². The molecule has 1 aliphatic rings. The Balaban J connectivity index is 1.87. The zero-order chi connectivity index (χ0) is 28.9. The number of hydrogen-bond donors (Lipinski definition) is 6. The highest BCUT2D eigenvalue weighted by Gasteiger charge is 2.55. The van der Waals surface area contributed by atoms with Crippen molar-refractivity contribution in [3.8, 4) is 0 Å². The first kappa shape index (κ1) is 28.1. The Morgan fingerprint density at radius 3 is 0.900 bits per heavy atom. The molecule has 1 fully saturated rings. The monoisotopic (exact) mass is 620 g/mol. The molecule has 0 spiro atoms. The van der Waals surface area contributed by atoms with E-state index in [4.69, 9.17) is 0 Å². The van der Waals surface area contributed by atoms with Gasteiger partial charge in [-0.15, -0.1) is 45.3 Å². The summed E-state index contributed by atoms with van der Waals surface area (Å²) in [7, 11) is 0. The smallest absolute Gasteiger partial charge is 0.346 e. The zero-order valence-electron chi connectivity index (χ0n) is 20.0. The lowest BCUT2D eigenvalue weighted by Gasteiger charge is -2.49. The molecule has 4 aromatic heterocycles. The van der Waals surface area contributed by atoms with E-state index < -0.39 is 59.8 Å². The van der Waals surface area contributed by atoms with Gasteiger partial charge in [-0.3, -0.25) is 0 Å². The number of aliphatic hydroxyl groups excluding tert-OH is 2. The third-order valence-corrected chi connectivity index (χ3v) is 10.9. The molecule has 0 bridgehead atoms. The minimum absolute atomic E-state index is 0.0923. The molecule has 5 rings (SSSR count). The van der Waals surface area contributed by atoms with Crippen LogP contribution in [0.1, 0.15) is 84.6 Å². The van der Waals surface area contributed by atoms with Gasteiger partial charge in [0.05, 0.1) is 12.2 Å². The van der Waals surface area contributed by atoms with E-state index in [0.717, 1.165) is 45.3 Å². The maximum Gasteiger partial charge on any atom is 0.346 e. The Bertz CT molecular complexity index is 1490. The summed E-state index contributed by atoms with van der Waals surface area (Å²) in [5.74, 6) is -9.54. The molecule has 6 atom stereocenters. The van der Waals surface area contributed by atoms with Gasteiger partial charge in [-0.2, -0.15) is 0 Å².